The Balaban J connectivity index is 0. The van der Waals surface area contributed by atoms with E-state index in [9.17, 15) is 9.59 Å². The number of hydrogen-bond donors (Lipinski definition) is 1. The normalized spacial score (nSPS) is 9.88. The zero-order chi connectivity index (χ0) is 19.9. The topological polar surface area (TPSA) is 54.4 Å². The Hall–Kier alpha value is -1.09. The van der Waals surface area contributed by atoms with E-state index in [1.165, 1.54) is 51.4 Å². The van der Waals surface area contributed by atoms with Gasteiger partial charge in [-0.25, -0.2) is 0 Å². The molecule has 152 valence electrons. The van der Waals surface area contributed by atoms with Crippen molar-refractivity contribution < 1.29 is 14.7 Å². The van der Waals surface area contributed by atoms with Crippen LogP contribution in [0.25, 0.3) is 0 Å². The molecule has 0 saturated heterocycles. The smallest absolute Gasteiger partial charge is 0.303 e. The van der Waals surface area contributed by atoms with Gasteiger partial charge in [-0.3, -0.25) is 9.59 Å². The van der Waals surface area contributed by atoms with E-state index in [1.54, 1.807) is 0 Å². The third kappa shape index (κ3) is 30.8. The monoisotopic (exact) mass is 386 g/mol. The molecule has 4 heteroatoms. The van der Waals surface area contributed by atoms with Gasteiger partial charge in [-0.15, -0.1) is 13.2 Å². The summed E-state index contributed by atoms with van der Waals surface area (Å²) >= 11 is 5.21. The van der Waals surface area contributed by atoms with E-state index in [2.05, 4.69) is 13.2 Å². The van der Waals surface area contributed by atoms with E-state index in [0.717, 1.165) is 38.5 Å². The Morgan fingerprint density at radius 2 is 1.00 bits per heavy atom. The van der Waals surface area contributed by atoms with E-state index in [1.807, 2.05) is 12.2 Å². The molecule has 3 nitrogen and oxygen atoms in total. The number of halogens is 1. The summed E-state index contributed by atoms with van der Waals surface area (Å²) < 4.78 is 0. The summed E-state index contributed by atoms with van der Waals surface area (Å²) in [7, 11) is 0. The number of carboxylic acid groups (broad SMARTS) is 1. The number of aliphatic carboxylic acids is 1. The van der Waals surface area contributed by atoms with Crippen LogP contribution in [0.15, 0.2) is 25.3 Å². The zero-order valence-corrected chi connectivity index (χ0v) is 17.3. The lowest BCUT2D eigenvalue weighted by atomic mass is 10.1. The van der Waals surface area contributed by atoms with Crippen LogP contribution in [-0.4, -0.2) is 16.3 Å². The first kappa shape index (κ1) is 27.1. The number of carbonyl (C=O) groups is 2. The van der Waals surface area contributed by atoms with Crippen LogP contribution in [0.4, 0.5) is 0 Å². The fourth-order valence-electron chi connectivity index (χ4n) is 2.53. The van der Waals surface area contributed by atoms with Crippen LogP contribution in [0.3, 0.4) is 0 Å². The van der Waals surface area contributed by atoms with Crippen molar-refractivity contribution in [3.63, 3.8) is 0 Å². The summed E-state index contributed by atoms with van der Waals surface area (Å²) in [5, 5.41) is 8.17. The third-order valence-electron chi connectivity index (χ3n) is 4.08. The molecule has 0 rings (SSSR count). The van der Waals surface area contributed by atoms with Gasteiger partial charge in [0.2, 0.25) is 5.24 Å². The average Bonchev–Trinajstić information content (AvgIpc) is 2.60. The Morgan fingerprint density at radius 1 is 0.654 bits per heavy atom. The molecule has 0 saturated carbocycles. The summed E-state index contributed by atoms with van der Waals surface area (Å²) in [5.74, 6) is -0.674. The lowest BCUT2D eigenvalue weighted by molar-refractivity contribution is -0.137. The van der Waals surface area contributed by atoms with E-state index < -0.39 is 5.97 Å². The minimum absolute atomic E-state index is 0.202. The predicted octanol–water partition coefficient (Wildman–Crippen LogP) is 7.44. The van der Waals surface area contributed by atoms with Crippen molar-refractivity contribution >= 4 is 22.8 Å². The number of allylic oxidation sites excluding steroid dienone is 2. The van der Waals surface area contributed by atoms with E-state index in [4.69, 9.17) is 16.7 Å². The molecule has 0 aromatic carbocycles. The maximum Gasteiger partial charge on any atom is 0.303 e. The van der Waals surface area contributed by atoms with Crippen LogP contribution in [-0.2, 0) is 9.59 Å². The zero-order valence-electron chi connectivity index (χ0n) is 16.5. The first-order valence-electron chi connectivity index (χ1n) is 10.2. The van der Waals surface area contributed by atoms with Crippen LogP contribution in [0.1, 0.15) is 103 Å². The molecule has 1 N–H and O–H groups in total. The summed E-state index contributed by atoms with van der Waals surface area (Å²) in [5.41, 5.74) is 0. The standard InChI is InChI=1S/C11H19ClO.C11H20O2/c2*1-2-3-4-5-6-7-8-9-10-11(12)13/h2H,1,3-10H2;2H,1,3-10H2,(H,12,13). The molecular formula is C22H39ClO3. The number of unbranched alkanes of at least 4 members (excludes halogenated alkanes) is 12. The van der Waals surface area contributed by atoms with E-state index in [-0.39, 0.29) is 5.24 Å². The van der Waals surface area contributed by atoms with Crippen LogP contribution < -0.4 is 0 Å². The van der Waals surface area contributed by atoms with Gasteiger partial charge in [0, 0.05) is 12.8 Å². The maximum atomic E-state index is 10.4. The SMILES string of the molecule is C=CCCCCCCCCC(=O)Cl.C=CCCCCCCCCC(=O)O. The van der Waals surface area contributed by atoms with Crippen molar-refractivity contribution in [2.24, 2.45) is 0 Å². The molecule has 0 fully saturated rings. The van der Waals surface area contributed by atoms with Crippen molar-refractivity contribution in [2.45, 2.75) is 103 Å². The quantitative estimate of drug-likeness (QED) is 0.151. The number of carboxylic acids is 1. The van der Waals surface area contributed by atoms with Gasteiger partial charge < -0.3 is 5.11 Å². The molecule has 0 atom stereocenters. The Bertz CT molecular complexity index is 319. The Kier molecular flexibility index (Phi) is 25.0. The molecule has 0 amide bonds. The molecule has 0 spiro atoms. The molecule has 0 aliphatic heterocycles. The summed E-state index contributed by atoms with van der Waals surface area (Å²) in [6.07, 6.45) is 20.9. The molecule has 0 heterocycles. The molecule has 0 unspecified atom stereocenters. The van der Waals surface area contributed by atoms with Gasteiger partial charge in [0.15, 0.2) is 0 Å². The van der Waals surface area contributed by atoms with Crippen molar-refractivity contribution in [1.29, 1.82) is 0 Å². The van der Waals surface area contributed by atoms with Gasteiger partial charge in [0.1, 0.15) is 0 Å². The molecular weight excluding hydrogens is 348 g/mol. The minimum atomic E-state index is -0.674. The second-order valence-electron chi connectivity index (χ2n) is 6.65. The second-order valence-corrected chi connectivity index (χ2v) is 7.07. The largest absolute Gasteiger partial charge is 0.481 e. The molecule has 0 radical (unpaired) electrons. The van der Waals surface area contributed by atoms with Crippen LogP contribution in [0.5, 0.6) is 0 Å². The highest BCUT2D eigenvalue weighted by molar-refractivity contribution is 6.63. The molecule has 26 heavy (non-hydrogen) atoms. The van der Waals surface area contributed by atoms with Crippen LogP contribution >= 0.6 is 11.6 Å². The number of hydrogen-bond acceptors (Lipinski definition) is 2. The van der Waals surface area contributed by atoms with Gasteiger partial charge in [-0.05, 0) is 50.1 Å². The van der Waals surface area contributed by atoms with Crippen molar-refractivity contribution in [3.8, 4) is 0 Å². The fourth-order valence-corrected chi connectivity index (χ4v) is 2.67. The number of rotatable bonds is 18. The van der Waals surface area contributed by atoms with E-state index >= 15 is 0 Å². The lowest BCUT2D eigenvalue weighted by Crippen LogP contribution is -1.93. The molecule has 0 aliphatic rings. The highest BCUT2D eigenvalue weighted by Crippen LogP contribution is 2.09. The van der Waals surface area contributed by atoms with Gasteiger partial charge in [0.05, 0.1) is 0 Å². The molecule has 0 bridgehead atoms. The summed E-state index contributed by atoms with van der Waals surface area (Å²) in [6.45, 7) is 7.34. The molecule has 0 aromatic rings. The van der Waals surface area contributed by atoms with Crippen LogP contribution in [0, 0.1) is 0 Å². The summed E-state index contributed by atoms with van der Waals surface area (Å²) in [6, 6.07) is 0. The highest BCUT2D eigenvalue weighted by Gasteiger charge is 1.96. The lowest BCUT2D eigenvalue weighted by Gasteiger charge is -1.98. The Morgan fingerprint density at radius 3 is 1.35 bits per heavy atom. The van der Waals surface area contributed by atoms with Crippen molar-refractivity contribution in [2.75, 3.05) is 0 Å². The van der Waals surface area contributed by atoms with Gasteiger partial charge in [0.25, 0.3) is 0 Å². The highest BCUT2D eigenvalue weighted by atomic mass is 35.5. The van der Waals surface area contributed by atoms with E-state index in [0.29, 0.717) is 12.8 Å². The van der Waals surface area contributed by atoms with Gasteiger partial charge in [-0.1, -0.05) is 63.5 Å². The third-order valence-corrected chi connectivity index (χ3v) is 4.27. The molecule has 0 aliphatic carbocycles. The Labute approximate surface area is 165 Å². The maximum absolute atomic E-state index is 10.4. The van der Waals surface area contributed by atoms with Gasteiger partial charge in [-0.2, -0.15) is 0 Å². The second kappa shape index (κ2) is 23.9. The summed E-state index contributed by atoms with van der Waals surface area (Å²) in [4.78, 5) is 20.5. The average molecular weight is 387 g/mol. The number of carbonyl (C=O) groups excluding carboxylic acids is 1. The predicted molar refractivity (Wildman–Crippen MR) is 113 cm³/mol. The first-order valence-corrected chi connectivity index (χ1v) is 10.5. The van der Waals surface area contributed by atoms with Crippen molar-refractivity contribution in [1.82, 2.24) is 0 Å². The van der Waals surface area contributed by atoms with Gasteiger partial charge >= 0.3 is 5.97 Å². The first-order chi connectivity index (χ1) is 12.5. The minimum Gasteiger partial charge on any atom is -0.481 e. The van der Waals surface area contributed by atoms with Crippen molar-refractivity contribution in [3.05, 3.63) is 25.3 Å². The van der Waals surface area contributed by atoms with Crippen LogP contribution in [0.2, 0.25) is 0 Å². The fraction of sp³-hybridized carbons (Fsp3) is 0.727. The molecule has 0 aromatic heterocycles.